The zero-order chi connectivity index (χ0) is 75.8. The molecule has 104 heavy (non-hydrogen) atoms. The summed E-state index contributed by atoms with van der Waals surface area (Å²) in [5.41, 5.74) is 1.43. The van der Waals surface area contributed by atoms with Gasteiger partial charge >= 0.3 is 48.3 Å². The van der Waals surface area contributed by atoms with Crippen LogP contribution in [-0.4, -0.2) is 152 Å². The number of hydrogen-bond acceptors (Lipinski definition) is 20. The van der Waals surface area contributed by atoms with E-state index in [2.05, 4.69) is 75.3 Å². The van der Waals surface area contributed by atoms with Gasteiger partial charge in [-0.15, -0.1) is 0 Å². The Balaban J connectivity index is 0.00000102. The summed E-state index contributed by atoms with van der Waals surface area (Å²) in [5, 5.41) is 11.1. The molecule has 0 fully saturated rings. The number of carbonyl (C=O) groups is 8. The van der Waals surface area contributed by atoms with E-state index in [0.717, 1.165) is 18.4 Å². The van der Waals surface area contributed by atoms with Gasteiger partial charge in [0.1, 0.15) is 75.9 Å². The first-order valence-electron chi connectivity index (χ1n) is 33.9. The molecule has 0 bridgehead atoms. The van der Waals surface area contributed by atoms with Gasteiger partial charge < -0.3 is 78.1 Å². The normalized spacial score (nSPS) is 12.6. The molecule has 0 saturated carbocycles. The molecule has 4 N–H and O–H groups in total. The van der Waals surface area contributed by atoms with Crippen LogP contribution in [0.15, 0.2) is 164 Å². The monoisotopic (exact) mass is 1450 g/mol. The lowest BCUT2D eigenvalue weighted by Crippen LogP contribution is -2.40. The summed E-state index contributed by atoms with van der Waals surface area (Å²) in [6, 6.07) is 34.7. The largest absolute Gasteiger partial charge is 0.490 e. The van der Waals surface area contributed by atoms with Crippen molar-refractivity contribution in [3.05, 3.63) is 169 Å². The van der Waals surface area contributed by atoms with E-state index in [4.69, 9.17) is 56.8 Å². The van der Waals surface area contributed by atoms with Crippen LogP contribution in [-0.2, 0) is 62.5 Å². The first kappa shape index (κ1) is 92.0. The van der Waals surface area contributed by atoms with Crippen LogP contribution in [0.4, 0.5) is 19.2 Å². The summed E-state index contributed by atoms with van der Waals surface area (Å²) in [5.74, 6) is 0.339. The Kier molecular flexibility index (Phi) is 42.5. The van der Waals surface area contributed by atoms with E-state index in [0.29, 0.717) is 62.0 Å². The van der Waals surface area contributed by atoms with Gasteiger partial charge in [0.25, 0.3) is 0 Å². The second kappa shape index (κ2) is 48.0. The number of benzene rings is 4. The van der Waals surface area contributed by atoms with Crippen LogP contribution >= 0.6 is 0 Å². The Hall–Kier alpha value is -10.0. The number of rotatable bonds is 42. The molecule has 6 atom stereocenters. The smallest absolute Gasteiger partial charge is 0.407 e. The summed E-state index contributed by atoms with van der Waals surface area (Å²) < 4.78 is 65.9. The molecule has 0 spiro atoms. The van der Waals surface area contributed by atoms with Gasteiger partial charge in [-0.3, -0.25) is 0 Å². The highest BCUT2D eigenvalue weighted by atomic mass is 16.6. The van der Waals surface area contributed by atoms with Crippen molar-refractivity contribution < 1.29 is 95.2 Å². The highest BCUT2D eigenvalue weighted by Gasteiger charge is 2.28. The van der Waals surface area contributed by atoms with Gasteiger partial charge in [0.15, 0.2) is 24.4 Å². The fourth-order valence-electron chi connectivity index (χ4n) is 9.46. The van der Waals surface area contributed by atoms with Crippen molar-refractivity contribution in [3.63, 3.8) is 0 Å². The molecule has 0 aliphatic rings. The van der Waals surface area contributed by atoms with E-state index in [1.807, 2.05) is 113 Å². The molecule has 4 aromatic rings. The minimum absolute atomic E-state index is 0. The second-order valence-electron chi connectivity index (χ2n) is 27.7. The third-order valence-electron chi connectivity index (χ3n) is 14.8. The van der Waals surface area contributed by atoms with E-state index >= 15 is 0 Å². The predicted octanol–water partition coefficient (Wildman–Crippen LogP) is 14.6. The minimum atomic E-state index is -0.865. The van der Waals surface area contributed by atoms with E-state index in [9.17, 15) is 38.4 Å². The van der Waals surface area contributed by atoms with Crippen LogP contribution in [0.3, 0.4) is 0 Å². The third-order valence-corrected chi connectivity index (χ3v) is 14.8. The highest BCUT2D eigenvalue weighted by molar-refractivity contribution is 5.88. The number of esters is 4. The Morgan fingerprint density at radius 2 is 0.596 bits per heavy atom. The summed E-state index contributed by atoms with van der Waals surface area (Å²) in [4.78, 5) is 98.5. The molecule has 6 unspecified atom stereocenters. The summed E-state index contributed by atoms with van der Waals surface area (Å²) in [6.45, 7) is 39.4. The molecule has 0 aliphatic heterocycles. The maximum absolute atomic E-state index is 12.9. The molecular weight excluding hydrogens is 1340 g/mol. The van der Waals surface area contributed by atoms with Gasteiger partial charge in [-0.1, -0.05) is 170 Å². The number of nitrogens with one attached hydrogen (secondary N) is 4. The molecule has 24 heteroatoms. The predicted molar refractivity (Wildman–Crippen MR) is 400 cm³/mol. The molecule has 4 amide bonds. The van der Waals surface area contributed by atoms with E-state index < -0.39 is 72.7 Å². The molecule has 0 heterocycles. The Labute approximate surface area is 616 Å². The zero-order valence-corrected chi connectivity index (χ0v) is 61.7. The Morgan fingerprint density at radius 3 is 0.837 bits per heavy atom. The maximum Gasteiger partial charge on any atom is 0.407 e. The first-order chi connectivity index (χ1) is 48.1. The van der Waals surface area contributed by atoms with Crippen LogP contribution in [0.5, 0.6) is 23.0 Å². The average molecular weight is 1450 g/mol. The average Bonchev–Trinajstić information content (AvgIpc) is 0.838. The summed E-state index contributed by atoms with van der Waals surface area (Å²) >= 11 is 0. The summed E-state index contributed by atoms with van der Waals surface area (Å²) in [6.07, 6.45) is -3.32. The number of alkyl carbamates (subject to hydrolysis) is 4. The molecular formula is C80H116N4O20. The number of hydrogen-bond donors (Lipinski definition) is 4. The van der Waals surface area contributed by atoms with Crippen molar-refractivity contribution in [2.24, 2.45) is 22.7 Å². The lowest BCUT2D eigenvalue weighted by atomic mass is 9.82. The van der Waals surface area contributed by atoms with Crippen molar-refractivity contribution in [2.75, 3.05) is 79.0 Å². The lowest BCUT2D eigenvalue weighted by molar-refractivity contribution is -0.143. The van der Waals surface area contributed by atoms with Crippen LogP contribution in [0.2, 0.25) is 0 Å². The molecule has 0 saturated heterocycles. The maximum atomic E-state index is 12.9. The number of ether oxygens (including phenoxy) is 12. The zero-order valence-electron chi connectivity index (χ0n) is 61.7. The Bertz CT molecular complexity index is 3300. The quantitative estimate of drug-likeness (QED) is 0.0182. The van der Waals surface area contributed by atoms with Gasteiger partial charge in [-0.05, 0) is 136 Å². The molecule has 4 aromatic carbocycles. The first-order valence-corrected chi connectivity index (χ1v) is 33.9. The molecule has 0 aliphatic carbocycles. The van der Waals surface area contributed by atoms with Crippen LogP contribution in [0.1, 0.15) is 136 Å². The van der Waals surface area contributed by atoms with Crippen molar-refractivity contribution in [1.29, 1.82) is 0 Å². The molecule has 0 radical (unpaired) electrons. The second-order valence-corrected chi connectivity index (χ2v) is 27.7. The Morgan fingerprint density at radius 1 is 0.356 bits per heavy atom. The topological polar surface area (TPSA) is 295 Å². The van der Waals surface area contributed by atoms with Crippen molar-refractivity contribution in [1.82, 2.24) is 21.3 Å². The molecule has 4 rings (SSSR count). The van der Waals surface area contributed by atoms with Gasteiger partial charge in [-0.25, -0.2) is 38.4 Å². The molecule has 24 nitrogen and oxygen atoms in total. The molecule has 0 aromatic heterocycles. The fraction of sp³-hybridized carbons (Fsp3) is 0.500. The van der Waals surface area contributed by atoms with Crippen LogP contribution in [0.25, 0.3) is 0 Å². The summed E-state index contributed by atoms with van der Waals surface area (Å²) in [7, 11) is 0. The lowest BCUT2D eigenvalue weighted by Gasteiger charge is -2.29. The van der Waals surface area contributed by atoms with E-state index in [1.54, 1.807) is 36.4 Å². The van der Waals surface area contributed by atoms with Gasteiger partial charge in [0.05, 0.1) is 0 Å². The standard InChI is InChI=1S/C41H58N2O10.C37H50N2O10.2CH4/c1-28(2)36(44)50-25-34(23-48-32-14-12-11-13-15-32)52-38(46)42-21-20-30(5)22-41(9,10)27-43-39(47)53-35(26-51-37(45)29(3)4)24-49-33-18-16-31(17-19-33)40(6,7)8;1-26(2)33(40)46-23-31(21-44-29-14-10-8-11-15-29)48-35(42)38-19-18-28(5)20-37(6,7)25-39-36(43)49-32(24-47-34(41)27(3)4)22-45-30-16-12-9-13-17-30;;/h11-19,30,34-35H,1,3,20-27H2,2,4-10H3,(H,42,46)(H,43,47);8-17,28,31-32H,1,3,18-25H2,2,4-7H3,(H,38,42)(H,39,43);2*1H4. The van der Waals surface area contributed by atoms with Crippen molar-refractivity contribution >= 4 is 48.3 Å². The number of amides is 4. The third kappa shape index (κ3) is 41.2. The van der Waals surface area contributed by atoms with Gasteiger partial charge in [0, 0.05) is 48.5 Å². The SMILES string of the molecule is C.C.C=C(C)C(=O)OCC(COc1ccccc1)OC(=O)NCCC(C)CC(C)(C)CNC(=O)OC(COC(=O)C(=C)C)COc1ccc(C(C)(C)C)cc1.C=C(C)C(=O)OCC(COc1ccccc1)OC(=O)NCCC(C)CC(C)(C)CNC(=O)OC(COC(=O)C(=C)C)COc1ccccc1. The van der Waals surface area contributed by atoms with Crippen LogP contribution in [0, 0.1) is 22.7 Å². The van der Waals surface area contributed by atoms with Crippen molar-refractivity contribution in [3.8, 4) is 23.0 Å². The van der Waals surface area contributed by atoms with Crippen molar-refractivity contribution in [2.45, 2.75) is 160 Å². The minimum Gasteiger partial charge on any atom is -0.490 e. The van der Waals surface area contributed by atoms with Crippen LogP contribution < -0.4 is 40.2 Å². The number of para-hydroxylation sites is 3. The highest BCUT2D eigenvalue weighted by Crippen LogP contribution is 2.29. The van der Waals surface area contributed by atoms with E-state index in [-0.39, 0.29) is 118 Å². The number of carbonyl (C=O) groups excluding carboxylic acids is 8. The van der Waals surface area contributed by atoms with Gasteiger partial charge in [-0.2, -0.15) is 0 Å². The fourth-order valence-corrected chi connectivity index (χ4v) is 9.46. The van der Waals surface area contributed by atoms with Gasteiger partial charge in [0.2, 0.25) is 0 Å². The van der Waals surface area contributed by atoms with E-state index in [1.165, 1.54) is 27.7 Å². The molecule has 576 valence electrons.